The van der Waals surface area contributed by atoms with E-state index in [4.69, 9.17) is 4.74 Å². The summed E-state index contributed by atoms with van der Waals surface area (Å²) in [6.07, 6.45) is -0.642. The minimum atomic E-state index is -1.26. The van der Waals surface area contributed by atoms with Gasteiger partial charge in [-0.2, -0.15) is 5.10 Å². The van der Waals surface area contributed by atoms with Crippen LogP contribution >= 0.6 is 0 Å². The highest BCUT2D eigenvalue weighted by Gasteiger charge is 2.24. The number of rotatable bonds is 6. The van der Waals surface area contributed by atoms with Crippen LogP contribution in [-0.2, 0) is 20.8 Å². The van der Waals surface area contributed by atoms with Gasteiger partial charge >= 0.3 is 12.1 Å². The molecule has 0 bridgehead atoms. The minimum Gasteiger partial charge on any atom is -0.453 e. The number of hydrogen-bond donors (Lipinski definition) is 1. The Hall–Kier alpha value is -3.23. The number of methoxy groups -OCH3 is 1. The van der Waals surface area contributed by atoms with E-state index >= 15 is 0 Å². The zero-order chi connectivity index (χ0) is 20.0. The number of aromatic nitrogens is 2. The topological polar surface area (TPSA) is 117 Å². The molecule has 0 unspecified atom stereocenters. The summed E-state index contributed by atoms with van der Waals surface area (Å²) < 4.78 is 10.7. The van der Waals surface area contributed by atoms with E-state index in [0.717, 1.165) is 20.0 Å². The highest BCUT2D eigenvalue weighted by atomic mass is 16.6. The molecule has 1 N–H and O–H groups in total. The van der Waals surface area contributed by atoms with Crippen molar-refractivity contribution in [2.75, 3.05) is 7.11 Å². The van der Waals surface area contributed by atoms with Crippen LogP contribution in [0.15, 0.2) is 29.1 Å². The maximum Gasteiger partial charge on any atom is 0.413 e. The number of benzene rings is 1. The fourth-order valence-electron chi connectivity index (χ4n) is 2.37. The Labute approximate surface area is 155 Å². The van der Waals surface area contributed by atoms with E-state index in [2.05, 4.69) is 9.84 Å². The number of nitrogens with one attached hydrogen (secondary N) is 1. The molecule has 0 fully saturated rings. The number of nitrogens with zero attached hydrogens (tertiary/aromatic N) is 2. The molecule has 1 aromatic heterocycles. The number of carbonyl (C=O) groups excluding carboxylic acids is 3. The van der Waals surface area contributed by atoms with Gasteiger partial charge in [0.15, 0.2) is 11.8 Å². The van der Waals surface area contributed by atoms with Gasteiger partial charge in [0, 0.05) is 11.9 Å². The number of ether oxygens (including phenoxy) is 2. The molecule has 144 valence electrons. The smallest absolute Gasteiger partial charge is 0.413 e. The Balaban J connectivity index is 2.34. The summed E-state index contributed by atoms with van der Waals surface area (Å²) in [6, 6.07) is 6.55. The van der Waals surface area contributed by atoms with E-state index in [1.54, 1.807) is 24.3 Å². The lowest BCUT2D eigenvalue weighted by molar-refractivity contribution is -0.128. The van der Waals surface area contributed by atoms with Gasteiger partial charge in [-0.15, -0.1) is 0 Å². The van der Waals surface area contributed by atoms with Crippen LogP contribution < -0.4 is 10.9 Å². The van der Waals surface area contributed by atoms with Crippen molar-refractivity contribution in [3.63, 3.8) is 0 Å². The van der Waals surface area contributed by atoms with Crippen molar-refractivity contribution in [2.45, 2.75) is 39.3 Å². The molecule has 9 nitrogen and oxygen atoms in total. The van der Waals surface area contributed by atoms with Gasteiger partial charge in [0.2, 0.25) is 0 Å². The third kappa shape index (κ3) is 4.69. The lowest BCUT2D eigenvalue weighted by Crippen LogP contribution is -2.39. The second-order valence-corrected chi connectivity index (χ2v) is 5.80. The fraction of sp³-hybridized carbons (Fsp3) is 0.389. The predicted octanol–water partition coefficient (Wildman–Crippen LogP) is 1.62. The first-order valence-electron chi connectivity index (χ1n) is 8.48. The van der Waals surface area contributed by atoms with Crippen molar-refractivity contribution >= 4 is 28.7 Å². The lowest BCUT2D eigenvalue weighted by Gasteiger charge is -2.14. The summed E-state index contributed by atoms with van der Waals surface area (Å²) in [4.78, 5) is 48.0. The first-order chi connectivity index (χ1) is 12.9. The summed E-state index contributed by atoms with van der Waals surface area (Å²) in [5, 5.41) is 6.72. The summed E-state index contributed by atoms with van der Waals surface area (Å²) in [6.45, 7) is 3.65. The lowest BCUT2D eigenvalue weighted by atomic mass is 10.1. The third-order valence-corrected chi connectivity index (χ3v) is 3.85. The van der Waals surface area contributed by atoms with E-state index < -0.39 is 24.1 Å². The zero-order valence-electron chi connectivity index (χ0n) is 15.4. The van der Waals surface area contributed by atoms with E-state index in [0.29, 0.717) is 17.3 Å². The summed E-state index contributed by atoms with van der Waals surface area (Å²) >= 11 is 0. The molecular formula is C18H21N3O6. The molecule has 9 heteroatoms. The maximum absolute atomic E-state index is 12.6. The average molecular weight is 375 g/mol. The minimum absolute atomic E-state index is 0.0704. The molecule has 1 aromatic carbocycles. The molecule has 2 amide bonds. The Morgan fingerprint density at radius 3 is 2.52 bits per heavy atom. The van der Waals surface area contributed by atoms with Crippen molar-refractivity contribution in [1.82, 2.24) is 15.1 Å². The first kappa shape index (κ1) is 20.1. The van der Waals surface area contributed by atoms with Gasteiger partial charge in [0.05, 0.1) is 12.5 Å². The highest BCUT2D eigenvalue weighted by molar-refractivity contribution is 6.03. The normalized spacial score (nSPS) is 11.7. The number of carbonyl (C=O) groups is 3. The number of hydrogen-bond acceptors (Lipinski definition) is 7. The summed E-state index contributed by atoms with van der Waals surface area (Å²) in [5.74, 6) is -1.71. The molecule has 2 rings (SSSR count). The van der Waals surface area contributed by atoms with Gasteiger partial charge in [-0.25, -0.2) is 14.3 Å². The Morgan fingerprint density at radius 1 is 1.22 bits per heavy atom. The quantitative estimate of drug-likeness (QED) is 0.763. The standard InChI is InChI=1S/C18H21N3O6/c1-4-5-10-21-16(23)13-9-7-6-8-12(13)14(20-21)17(24)27-11(2)15(22)19-18(25)26-3/h6-9,11H,4-5,10H2,1-3H3,(H,19,22,25)/t11-/m0/s1. The number of unbranched alkanes of at least 4 members (excludes halogenated alkanes) is 1. The van der Waals surface area contributed by atoms with Crippen molar-refractivity contribution in [2.24, 2.45) is 0 Å². The van der Waals surface area contributed by atoms with Crippen molar-refractivity contribution in [3.05, 3.63) is 40.3 Å². The molecular weight excluding hydrogens is 354 g/mol. The van der Waals surface area contributed by atoms with Gasteiger partial charge in [-0.05, 0) is 19.4 Å². The van der Waals surface area contributed by atoms with Crippen LogP contribution in [0.5, 0.6) is 0 Å². The van der Waals surface area contributed by atoms with Gasteiger partial charge in [-0.3, -0.25) is 14.9 Å². The van der Waals surface area contributed by atoms with E-state index in [-0.39, 0.29) is 11.3 Å². The molecule has 0 aliphatic rings. The molecule has 27 heavy (non-hydrogen) atoms. The molecule has 0 saturated heterocycles. The average Bonchev–Trinajstić information content (AvgIpc) is 2.67. The van der Waals surface area contributed by atoms with Crippen molar-refractivity contribution in [3.8, 4) is 0 Å². The number of aryl methyl sites for hydroxylation is 1. The maximum atomic E-state index is 12.6. The van der Waals surface area contributed by atoms with Crippen LogP contribution in [0, 0.1) is 0 Å². The van der Waals surface area contributed by atoms with Gasteiger partial charge in [0.25, 0.3) is 11.5 Å². The second kappa shape index (κ2) is 8.93. The van der Waals surface area contributed by atoms with E-state index in [1.165, 1.54) is 11.6 Å². The molecule has 0 saturated carbocycles. The molecule has 1 atom stereocenters. The van der Waals surface area contributed by atoms with Crippen LogP contribution in [0.2, 0.25) is 0 Å². The number of imide groups is 1. The van der Waals surface area contributed by atoms with Crippen LogP contribution in [0.1, 0.15) is 37.2 Å². The van der Waals surface area contributed by atoms with Gasteiger partial charge in [-0.1, -0.05) is 31.5 Å². The number of fused-ring (bicyclic) bond motifs is 1. The van der Waals surface area contributed by atoms with E-state index in [1.807, 2.05) is 12.2 Å². The molecule has 1 heterocycles. The van der Waals surface area contributed by atoms with Crippen LogP contribution in [-0.4, -0.2) is 41.0 Å². The predicted molar refractivity (Wildman–Crippen MR) is 96.3 cm³/mol. The van der Waals surface area contributed by atoms with E-state index in [9.17, 15) is 19.2 Å². The van der Waals surface area contributed by atoms with Crippen LogP contribution in [0.25, 0.3) is 10.8 Å². The molecule has 0 spiro atoms. The van der Waals surface area contributed by atoms with Crippen molar-refractivity contribution in [1.29, 1.82) is 0 Å². The zero-order valence-corrected chi connectivity index (χ0v) is 15.4. The fourth-order valence-corrected chi connectivity index (χ4v) is 2.37. The number of alkyl carbamates (subject to hydrolysis) is 1. The monoisotopic (exact) mass is 375 g/mol. The second-order valence-electron chi connectivity index (χ2n) is 5.80. The molecule has 0 aliphatic carbocycles. The summed E-state index contributed by atoms with van der Waals surface area (Å²) in [7, 11) is 1.11. The summed E-state index contributed by atoms with van der Waals surface area (Å²) in [5.41, 5.74) is -0.369. The molecule has 0 aliphatic heterocycles. The Kier molecular flexibility index (Phi) is 6.64. The largest absolute Gasteiger partial charge is 0.453 e. The highest BCUT2D eigenvalue weighted by Crippen LogP contribution is 2.15. The van der Waals surface area contributed by atoms with Crippen LogP contribution in [0.4, 0.5) is 4.79 Å². The number of esters is 1. The molecule has 0 radical (unpaired) electrons. The third-order valence-electron chi connectivity index (χ3n) is 3.85. The van der Waals surface area contributed by atoms with Crippen LogP contribution in [0.3, 0.4) is 0 Å². The number of amides is 2. The Bertz CT molecular complexity index is 921. The SMILES string of the molecule is CCCCn1nc(C(=O)O[C@@H](C)C(=O)NC(=O)OC)c2ccccc2c1=O. The molecule has 2 aromatic rings. The first-order valence-corrected chi connectivity index (χ1v) is 8.48. The van der Waals surface area contributed by atoms with Gasteiger partial charge in [0.1, 0.15) is 0 Å². The van der Waals surface area contributed by atoms with Crippen molar-refractivity contribution < 1.29 is 23.9 Å². The van der Waals surface area contributed by atoms with Gasteiger partial charge < -0.3 is 9.47 Å². The Morgan fingerprint density at radius 2 is 1.89 bits per heavy atom.